The summed E-state index contributed by atoms with van der Waals surface area (Å²) in [6.07, 6.45) is 0. The summed E-state index contributed by atoms with van der Waals surface area (Å²) >= 11 is 0. The highest BCUT2D eigenvalue weighted by Gasteiger charge is 2.23. The van der Waals surface area contributed by atoms with Gasteiger partial charge in [0.15, 0.2) is 0 Å². The molecule has 1 rings (SSSR count). The molecule has 1 aliphatic rings. The SMILES string of the molecule is CC(=O)[C@@H](C)N1CCNC(=O)C1. The number of ketones is 1. The monoisotopic (exact) mass is 170 g/mol. The van der Waals surface area contributed by atoms with Crippen LogP contribution in [-0.2, 0) is 9.59 Å². The lowest BCUT2D eigenvalue weighted by Gasteiger charge is -2.30. The average molecular weight is 170 g/mol. The van der Waals surface area contributed by atoms with Crippen LogP contribution in [0.25, 0.3) is 0 Å². The van der Waals surface area contributed by atoms with E-state index in [9.17, 15) is 9.59 Å². The Labute approximate surface area is 71.9 Å². The van der Waals surface area contributed by atoms with Crippen LogP contribution in [0.2, 0.25) is 0 Å². The standard InChI is InChI=1S/C8H14N2O2/c1-6(7(2)11)10-4-3-9-8(12)5-10/h6H,3-5H2,1-2H3,(H,9,12)/t6-/m1/s1. The van der Waals surface area contributed by atoms with E-state index < -0.39 is 0 Å². The number of nitrogens with one attached hydrogen (secondary N) is 1. The van der Waals surface area contributed by atoms with Crippen LogP contribution < -0.4 is 5.32 Å². The summed E-state index contributed by atoms with van der Waals surface area (Å²) in [6.45, 7) is 5.15. The van der Waals surface area contributed by atoms with E-state index in [-0.39, 0.29) is 17.7 Å². The van der Waals surface area contributed by atoms with Crippen molar-refractivity contribution < 1.29 is 9.59 Å². The first-order valence-electron chi connectivity index (χ1n) is 4.12. The van der Waals surface area contributed by atoms with Gasteiger partial charge < -0.3 is 5.32 Å². The predicted octanol–water partition coefficient (Wildman–Crippen LogP) is -0.604. The summed E-state index contributed by atoms with van der Waals surface area (Å²) in [5.41, 5.74) is 0. The van der Waals surface area contributed by atoms with E-state index in [0.29, 0.717) is 13.1 Å². The van der Waals surface area contributed by atoms with Gasteiger partial charge in [-0.05, 0) is 13.8 Å². The minimum atomic E-state index is -0.129. The topological polar surface area (TPSA) is 49.4 Å². The lowest BCUT2D eigenvalue weighted by atomic mass is 10.2. The summed E-state index contributed by atoms with van der Waals surface area (Å²) < 4.78 is 0. The second-order valence-corrected chi connectivity index (χ2v) is 3.11. The van der Waals surface area contributed by atoms with Crippen LogP contribution >= 0.6 is 0 Å². The number of carbonyl (C=O) groups is 2. The molecule has 1 saturated heterocycles. The maximum absolute atomic E-state index is 11.0. The Morgan fingerprint density at radius 1 is 1.67 bits per heavy atom. The van der Waals surface area contributed by atoms with Gasteiger partial charge in [0, 0.05) is 13.1 Å². The molecule has 1 amide bonds. The fourth-order valence-electron chi connectivity index (χ4n) is 1.25. The van der Waals surface area contributed by atoms with Crippen LogP contribution in [0.1, 0.15) is 13.8 Å². The third-order valence-electron chi connectivity index (χ3n) is 2.20. The molecule has 1 N–H and O–H groups in total. The highest BCUT2D eigenvalue weighted by Crippen LogP contribution is 2.01. The van der Waals surface area contributed by atoms with Crippen LogP contribution in [-0.4, -0.2) is 42.3 Å². The van der Waals surface area contributed by atoms with E-state index in [4.69, 9.17) is 0 Å². The summed E-state index contributed by atoms with van der Waals surface area (Å²) in [7, 11) is 0. The molecule has 0 aromatic rings. The van der Waals surface area contributed by atoms with Crippen LogP contribution in [0.15, 0.2) is 0 Å². The molecule has 0 unspecified atom stereocenters. The zero-order chi connectivity index (χ0) is 9.14. The molecule has 0 bridgehead atoms. The van der Waals surface area contributed by atoms with E-state index in [1.165, 1.54) is 0 Å². The fraction of sp³-hybridized carbons (Fsp3) is 0.750. The largest absolute Gasteiger partial charge is 0.354 e. The van der Waals surface area contributed by atoms with Crippen molar-refractivity contribution in [2.45, 2.75) is 19.9 Å². The van der Waals surface area contributed by atoms with Crippen molar-refractivity contribution in [2.24, 2.45) is 0 Å². The van der Waals surface area contributed by atoms with Gasteiger partial charge in [-0.25, -0.2) is 0 Å². The smallest absolute Gasteiger partial charge is 0.234 e. The zero-order valence-electron chi connectivity index (χ0n) is 7.46. The molecule has 4 heteroatoms. The highest BCUT2D eigenvalue weighted by molar-refractivity contribution is 5.83. The number of rotatable bonds is 2. The lowest BCUT2D eigenvalue weighted by molar-refractivity contribution is -0.128. The van der Waals surface area contributed by atoms with Crippen molar-refractivity contribution >= 4 is 11.7 Å². The molecular formula is C8H14N2O2. The Kier molecular flexibility index (Phi) is 2.81. The summed E-state index contributed by atoms with van der Waals surface area (Å²) in [5, 5.41) is 2.71. The van der Waals surface area contributed by atoms with E-state index in [1.54, 1.807) is 6.92 Å². The van der Waals surface area contributed by atoms with Crippen molar-refractivity contribution in [3.05, 3.63) is 0 Å². The third-order valence-corrected chi connectivity index (χ3v) is 2.20. The molecule has 68 valence electrons. The second kappa shape index (κ2) is 3.67. The second-order valence-electron chi connectivity index (χ2n) is 3.11. The lowest BCUT2D eigenvalue weighted by Crippen LogP contribution is -2.52. The maximum atomic E-state index is 11.0. The molecule has 1 atom stereocenters. The van der Waals surface area contributed by atoms with Gasteiger partial charge >= 0.3 is 0 Å². The number of hydrogen-bond acceptors (Lipinski definition) is 3. The van der Waals surface area contributed by atoms with Crippen LogP contribution in [0.3, 0.4) is 0 Å². The summed E-state index contributed by atoms with van der Waals surface area (Å²) in [5.74, 6) is 0.124. The van der Waals surface area contributed by atoms with Gasteiger partial charge in [-0.3, -0.25) is 14.5 Å². The molecular weight excluding hydrogens is 156 g/mol. The van der Waals surface area contributed by atoms with E-state index >= 15 is 0 Å². The first-order valence-corrected chi connectivity index (χ1v) is 4.12. The molecule has 0 saturated carbocycles. The Hall–Kier alpha value is -0.900. The first-order chi connectivity index (χ1) is 5.61. The van der Waals surface area contributed by atoms with Gasteiger partial charge in [0.25, 0.3) is 0 Å². The van der Waals surface area contributed by atoms with Crippen LogP contribution in [0.4, 0.5) is 0 Å². The Morgan fingerprint density at radius 2 is 2.33 bits per heavy atom. The van der Waals surface area contributed by atoms with Gasteiger partial charge in [-0.1, -0.05) is 0 Å². The van der Waals surface area contributed by atoms with Crippen LogP contribution in [0, 0.1) is 0 Å². The fourth-order valence-corrected chi connectivity index (χ4v) is 1.25. The molecule has 1 fully saturated rings. The quantitative estimate of drug-likeness (QED) is 0.602. The molecule has 0 aromatic carbocycles. The van der Waals surface area contributed by atoms with E-state index in [2.05, 4.69) is 5.32 Å². The number of amides is 1. The average Bonchev–Trinajstić information content (AvgIpc) is 2.03. The Bertz CT molecular complexity index is 201. The van der Waals surface area contributed by atoms with Gasteiger partial charge in [-0.2, -0.15) is 0 Å². The van der Waals surface area contributed by atoms with Gasteiger partial charge in [-0.15, -0.1) is 0 Å². The molecule has 0 radical (unpaired) electrons. The van der Waals surface area contributed by atoms with Crippen LogP contribution in [0.5, 0.6) is 0 Å². The molecule has 1 aliphatic heterocycles. The van der Waals surface area contributed by atoms with Gasteiger partial charge in [0.1, 0.15) is 5.78 Å². The van der Waals surface area contributed by atoms with E-state index in [1.807, 2.05) is 11.8 Å². The summed E-state index contributed by atoms with van der Waals surface area (Å²) in [4.78, 5) is 23.8. The Balaban J connectivity index is 2.51. The third kappa shape index (κ3) is 2.04. The number of hydrogen-bond donors (Lipinski definition) is 1. The molecule has 12 heavy (non-hydrogen) atoms. The number of piperazine rings is 1. The number of Topliss-reactive ketones (excluding diaryl/α,β-unsaturated/α-hetero) is 1. The van der Waals surface area contributed by atoms with Crippen molar-refractivity contribution in [3.8, 4) is 0 Å². The Morgan fingerprint density at radius 3 is 2.83 bits per heavy atom. The van der Waals surface area contributed by atoms with Gasteiger partial charge in [0.2, 0.25) is 5.91 Å². The number of nitrogens with zero attached hydrogens (tertiary/aromatic N) is 1. The maximum Gasteiger partial charge on any atom is 0.234 e. The normalized spacial score (nSPS) is 21.7. The molecule has 1 heterocycles. The minimum absolute atomic E-state index is 0.00866. The van der Waals surface area contributed by atoms with Crippen molar-refractivity contribution in [3.63, 3.8) is 0 Å². The molecule has 0 aliphatic carbocycles. The highest BCUT2D eigenvalue weighted by atomic mass is 16.2. The van der Waals surface area contributed by atoms with Crippen molar-refractivity contribution in [2.75, 3.05) is 19.6 Å². The van der Waals surface area contributed by atoms with Gasteiger partial charge in [0.05, 0.1) is 12.6 Å². The molecule has 0 aromatic heterocycles. The number of carbonyl (C=O) groups excluding carboxylic acids is 2. The van der Waals surface area contributed by atoms with Crippen molar-refractivity contribution in [1.82, 2.24) is 10.2 Å². The first kappa shape index (κ1) is 9.19. The predicted molar refractivity (Wildman–Crippen MR) is 44.7 cm³/mol. The zero-order valence-corrected chi connectivity index (χ0v) is 7.46. The van der Waals surface area contributed by atoms with E-state index in [0.717, 1.165) is 6.54 Å². The molecule has 0 spiro atoms. The summed E-state index contributed by atoms with van der Waals surface area (Å²) in [6, 6.07) is -0.129. The molecule has 4 nitrogen and oxygen atoms in total. The minimum Gasteiger partial charge on any atom is -0.354 e. The van der Waals surface area contributed by atoms with Crippen molar-refractivity contribution in [1.29, 1.82) is 0 Å².